The number of fused-ring (bicyclic) bond motifs is 7. The highest BCUT2D eigenvalue weighted by molar-refractivity contribution is 5.85. The Labute approximate surface area is 191 Å². The van der Waals surface area contributed by atoms with E-state index in [9.17, 15) is 9.90 Å². The fraction of sp³-hybridized carbons (Fsp3) is 0.966. The molecule has 5 fully saturated rings. The van der Waals surface area contributed by atoms with E-state index in [1.807, 2.05) is 0 Å². The summed E-state index contributed by atoms with van der Waals surface area (Å²) in [4.78, 5) is 12.9. The SMILES string of the molecule is CC1C(O)CCC2(C)CCC3(C)C(CCC4C5(C)CCC(=O)C(C)(C)C5CCC43C)C12. The third-order valence-electron chi connectivity index (χ3n) is 13.3. The second-order valence-electron chi connectivity index (χ2n) is 14.5. The first kappa shape index (κ1) is 22.4. The molecule has 5 rings (SSSR count). The van der Waals surface area contributed by atoms with E-state index in [2.05, 4.69) is 48.5 Å². The van der Waals surface area contributed by atoms with Crippen LogP contribution in [0.3, 0.4) is 0 Å². The average Bonchev–Trinajstić information content (AvgIpc) is 2.69. The number of aliphatic hydroxyl groups excluding tert-OH is 1. The highest BCUT2D eigenvalue weighted by Crippen LogP contribution is 2.76. The van der Waals surface area contributed by atoms with E-state index in [1.54, 1.807) is 0 Å². The van der Waals surface area contributed by atoms with E-state index in [0.29, 0.717) is 45.2 Å². The van der Waals surface area contributed by atoms with Gasteiger partial charge in [0, 0.05) is 11.8 Å². The Hall–Kier alpha value is -0.370. The smallest absolute Gasteiger partial charge is 0.138 e. The summed E-state index contributed by atoms with van der Waals surface area (Å²) in [6.07, 6.45) is 11.9. The molecular weight excluding hydrogens is 380 g/mol. The standard InChI is InChI=1S/C29H48O2/c1-18-20(30)10-13-26(4)16-17-28(6)19(24(18)26)8-9-22-27(5)14-12-23(31)25(2,3)21(27)11-15-29(22,28)7/h18-22,24,30H,8-17H2,1-7H3. The monoisotopic (exact) mass is 428 g/mol. The van der Waals surface area contributed by atoms with Crippen molar-refractivity contribution >= 4 is 5.78 Å². The van der Waals surface area contributed by atoms with Crippen molar-refractivity contribution in [3.05, 3.63) is 0 Å². The van der Waals surface area contributed by atoms with Crippen molar-refractivity contribution in [1.82, 2.24) is 0 Å². The maximum absolute atomic E-state index is 12.9. The van der Waals surface area contributed by atoms with Crippen LogP contribution in [0.1, 0.15) is 113 Å². The van der Waals surface area contributed by atoms with Gasteiger partial charge in [0.2, 0.25) is 0 Å². The van der Waals surface area contributed by atoms with Gasteiger partial charge in [-0.15, -0.1) is 0 Å². The third-order valence-corrected chi connectivity index (χ3v) is 13.3. The second kappa shape index (κ2) is 6.61. The quantitative estimate of drug-likeness (QED) is 0.449. The van der Waals surface area contributed by atoms with Crippen molar-refractivity contribution in [1.29, 1.82) is 0 Å². The van der Waals surface area contributed by atoms with E-state index in [4.69, 9.17) is 0 Å². The molecule has 0 bridgehead atoms. The van der Waals surface area contributed by atoms with Gasteiger partial charge < -0.3 is 5.11 Å². The topological polar surface area (TPSA) is 37.3 Å². The van der Waals surface area contributed by atoms with Crippen LogP contribution < -0.4 is 0 Å². The molecule has 0 spiro atoms. The Morgan fingerprint density at radius 2 is 1.48 bits per heavy atom. The molecule has 0 saturated heterocycles. The van der Waals surface area contributed by atoms with Crippen molar-refractivity contribution in [3.8, 4) is 0 Å². The fourth-order valence-electron chi connectivity index (χ4n) is 11.3. The van der Waals surface area contributed by atoms with Gasteiger partial charge in [0.25, 0.3) is 0 Å². The van der Waals surface area contributed by atoms with Crippen LogP contribution in [-0.4, -0.2) is 17.0 Å². The molecule has 0 radical (unpaired) electrons. The molecule has 0 aromatic carbocycles. The minimum Gasteiger partial charge on any atom is -0.393 e. The predicted molar refractivity (Wildman–Crippen MR) is 127 cm³/mol. The summed E-state index contributed by atoms with van der Waals surface area (Å²) in [5, 5.41) is 10.8. The number of Topliss-reactive ketones (excluding diaryl/α,β-unsaturated/α-hetero) is 1. The summed E-state index contributed by atoms with van der Waals surface area (Å²) in [6, 6.07) is 0. The Morgan fingerprint density at radius 1 is 0.774 bits per heavy atom. The largest absolute Gasteiger partial charge is 0.393 e. The number of ketones is 1. The van der Waals surface area contributed by atoms with Crippen LogP contribution in [0.25, 0.3) is 0 Å². The van der Waals surface area contributed by atoms with Crippen LogP contribution in [0.15, 0.2) is 0 Å². The van der Waals surface area contributed by atoms with Gasteiger partial charge >= 0.3 is 0 Å². The highest BCUT2D eigenvalue weighted by atomic mass is 16.3. The lowest BCUT2D eigenvalue weighted by molar-refractivity contribution is -0.247. The molecule has 2 nitrogen and oxygen atoms in total. The summed E-state index contributed by atoms with van der Waals surface area (Å²) in [5.41, 5.74) is 1.30. The van der Waals surface area contributed by atoms with Crippen LogP contribution >= 0.6 is 0 Å². The first-order valence-electron chi connectivity index (χ1n) is 13.5. The number of hydrogen-bond donors (Lipinski definition) is 1. The Morgan fingerprint density at radius 3 is 2.19 bits per heavy atom. The Balaban J connectivity index is 1.54. The minimum absolute atomic E-state index is 0.107. The van der Waals surface area contributed by atoms with Crippen molar-refractivity contribution in [3.63, 3.8) is 0 Å². The van der Waals surface area contributed by atoms with Gasteiger partial charge in [0.1, 0.15) is 5.78 Å². The predicted octanol–water partition coefficient (Wildman–Crippen LogP) is 7.04. The molecule has 0 aromatic heterocycles. The first-order valence-corrected chi connectivity index (χ1v) is 13.5. The summed E-state index contributed by atoms with van der Waals surface area (Å²) < 4.78 is 0. The molecule has 5 aliphatic carbocycles. The van der Waals surface area contributed by atoms with E-state index in [1.165, 1.54) is 44.9 Å². The van der Waals surface area contributed by atoms with E-state index >= 15 is 0 Å². The third kappa shape index (κ3) is 2.64. The van der Waals surface area contributed by atoms with Crippen molar-refractivity contribution < 1.29 is 9.90 Å². The fourth-order valence-corrected chi connectivity index (χ4v) is 11.3. The molecule has 10 atom stereocenters. The highest BCUT2D eigenvalue weighted by Gasteiger charge is 2.69. The lowest BCUT2D eigenvalue weighted by Crippen LogP contribution is -2.67. The summed E-state index contributed by atoms with van der Waals surface area (Å²) >= 11 is 0. The lowest BCUT2D eigenvalue weighted by Gasteiger charge is -2.73. The summed E-state index contributed by atoms with van der Waals surface area (Å²) in [7, 11) is 0. The van der Waals surface area contributed by atoms with Crippen LogP contribution in [0.4, 0.5) is 0 Å². The molecule has 1 N–H and O–H groups in total. The molecule has 10 unspecified atom stereocenters. The number of rotatable bonds is 0. The van der Waals surface area contributed by atoms with Crippen molar-refractivity contribution in [2.45, 2.75) is 119 Å². The number of hydrogen-bond acceptors (Lipinski definition) is 2. The Bertz CT molecular complexity index is 771. The van der Waals surface area contributed by atoms with E-state index in [0.717, 1.165) is 31.1 Å². The number of aliphatic hydroxyl groups is 1. The van der Waals surface area contributed by atoms with E-state index in [-0.39, 0.29) is 11.5 Å². The lowest BCUT2D eigenvalue weighted by atomic mass is 9.31. The van der Waals surface area contributed by atoms with Crippen LogP contribution in [-0.2, 0) is 4.79 Å². The Kier molecular flexibility index (Phi) is 4.78. The molecule has 0 amide bonds. The van der Waals surface area contributed by atoms with Crippen molar-refractivity contribution in [2.75, 3.05) is 0 Å². The molecule has 31 heavy (non-hydrogen) atoms. The molecule has 0 aromatic rings. The zero-order chi connectivity index (χ0) is 22.6. The molecule has 2 heteroatoms. The van der Waals surface area contributed by atoms with Gasteiger partial charge in [0.05, 0.1) is 6.10 Å². The molecule has 5 aliphatic rings. The second-order valence-corrected chi connectivity index (χ2v) is 14.5. The molecule has 0 aliphatic heterocycles. The molecule has 5 saturated carbocycles. The van der Waals surface area contributed by atoms with Crippen molar-refractivity contribution in [2.24, 2.45) is 56.7 Å². The van der Waals surface area contributed by atoms with Gasteiger partial charge in [-0.3, -0.25) is 4.79 Å². The zero-order valence-electron chi connectivity index (χ0n) is 21.4. The maximum Gasteiger partial charge on any atom is 0.138 e. The number of carbonyl (C=O) groups excluding carboxylic acids is 1. The van der Waals surface area contributed by atoms with Gasteiger partial charge in [-0.2, -0.15) is 0 Å². The van der Waals surface area contributed by atoms with Gasteiger partial charge in [-0.1, -0.05) is 48.5 Å². The van der Waals surface area contributed by atoms with Crippen LogP contribution in [0.5, 0.6) is 0 Å². The van der Waals surface area contributed by atoms with Gasteiger partial charge in [0.15, 0.2) is 0 Å². The molecule has 176 valence electrons. The zero-order valence-corrected chi connectivity index (χ0v) is 21.4. The normalized spacial score (nSPS) is 58.5. The molecule has 0 heterocycles. The summed E-state index contributed by atoms with van der Waals surface area (Å²) in [6.45, 7) is 17.3. The van der Waals surface area contributed by atoms with E-state index < -0.39 is 0 Å². The van der Waals surface area contributed by atoms with Gasteiger partial charge in [-0.05, 0) is 109 Å². The van der Waals surface area contributed by atoms with Crippen LogP contribution in [0, 0.1) is 56.7 Å². The molecular formula is C29H48O2. The first-order chi connectivity index (χ1) is 14.3. The minimum atomic E-state index is -0.154. The average molecular weight is 429 g/mol. The van der Waals surface area contributed by atoms with Gasteiger partial charge in [-0.25, -0.2) is 0 Å². The van der Waals surface area contributed by atoms with Crippen LogP contribution in [0.2, 0.25) is 0 Å². The summed E-state index contributed by atoms with van der Waals surface area (Å²) in [5.74, 6) is 3.64. The maximum atomic E-state index is 12.9. The number of carbonyl (C=O) groups is 1.